The molecule has 0 aliphatic carbocycles. The van der Waals surface area contributed by atoms with E-state index in [4.69, 9.17) is 4.42 Å². The second-order valence-corrected chi connectivity index (χ2v) is 10.2. The van der Waals surface area contributed by atoms with Crippen molar-refractivity contribution < 1.29 is 4.42 Å². The quantitative estimate of drug-likeness (QED) is 0.234. The van der Waals surface area contributed by atoms with Gasteiger partial charge in [-0.25, -0.2) is 0 Å². The van der Waals surface area contributed by atoms with E-state index in [0.29, 0.717) is 0 Å². The van der Waals surface area contributed by atoms with Crippen molar-refractivity contribution in [1.82, 2.24) is 0 Å². The lowest BCUT2D eigenvalue weighted by molar-refractivity contribution is 0.673. The van der Waals surface area contributed by atoms with E-state index in [9.17, 15) is 0 Å². The van der Waals surface area contributed by atoms with Crippen LogP contribution in [0.2, 0.25) is 0 Å². The summed E-state index contributed by atoms with van der Waals surface area (Å²) in [5.41, 5.74) is 7.52. The summed E-state index contributed by atoms with van der Waals surface area (Å²) in [4.78, 5) is 2.34. The van der Waals surface area contributed by atoms with Crippen LogP contribution in [0.3, 0.4) is 0 Å². The van der Waals surface area contributed by atoms with Crippen LogP contribution in [0.5, 0.6) is 0 Å². The third-order valence-corrected chi connectivity index (χ3v) is 7.84. The van der Waals surface area contributed by atoms with Crippen LogP contribution in [0, 0.1) is 0 Å². The van der Waals surface area contributed by atoms with Gasteiger partial charge in [-0.05, 0) is 52.2 Å². The van der Waals surface area contributed by atoms with Gasteiger partial charge in [-0.2, -0.15) is 0 Å². The molecule has 0 aliphatic rings. The van der Waals surface area contributed by atoms with Crippen LogP contribution in [0.15, 0.2) is 156 Å². The Morgan fingerprint density at radius 3 is 1.80 bits per heavy atom. The van der Waals surface area contributed by atoms with Crippen LogP contribution in [0.25, 0.3) is 54.6 Å². The highest BCUT2D eigenvalue weighted by Crippen LogP contribution is 2.45. The van der Waals surface area contributed by atoms with E-state index in [1.165, 1.54) is 27.3 Å². The molecule has 2 heteroatoms. The first-order valence-electron chi connectivity index (χ1n) is 13.6. The monoisotopic (exact) mass is 511 g/mol. The molecule has 0 amide bonds. The normalized spacial score (nSPS) is 11.5. The Labute approximate surface area is 232 Å². The number of hydrogen-bond donors (Lipinski definition) is 0. The van der Waals surface area contributed by atoms with Crippen molar-refractivity contribution in [3.05, 3.63) is 152 Å². The first kappa shape index (κ1) is 22.6. The van der Waals surface area contributed by atoms with Gasteiger partial charge in [0.1, 0.15) is 11.2 Å². The van der Waals surface area contributed by atoms with E-state index in [1.54, 1.807) is 0 Å². The molecule has 0 spiro atoms. The Hall–Kier alpha value is -5.34. The average molecular weight is 512 g/mol. The van der Waals surface area contributed by atoms with Crippen LogP contribution in [0.1, 0.15) is 0 Å². The highest BCUT2D eigenvalue weighted by Gasteiger charge is 2.20. The third kappa shape index (κ3) is 3.58. The number of furan rings is 1. The fraction of sp³-hybridized carbons (Fsp3) is 0. The van der Waals surface area contributed by atoms with Gasteiger partial charge in [0.2, 0.25) is 0 Å². The number of rotatable bonds is 4. The Kier molecular flexibility index (Phi) is 5.17. The summed E-state index contributed by atoms with van der Waals surface area (Å²) in [7, 11) is 0. The van der Waals surface area contributed by atoms with Crippen LogP contribution in [-0.4, -0.2) is 0 Å². The molecule has 8 rings (SSSR count). The third-order valence-electron chi connectivity index (χ3n) is 7.84. The maximum Gasteiger partial charge on any atom is 0.143 e. The van der Waals surface area contributed by atoms with Crippen molar-refractivity contribution in [2.75, 3.05) is 4.90 Å². The fourth-order valence-corrected chi connectivity index (χ4v) is 5.97. The van der Waals surface area contributed by atoms with Crippen molar-refractivity contribution in [2.45, 2.75) is 0 Å². The summed E-state index contributed by atoms with van der Waals surface area (Å²) < 4.78 is 6.69. The molecule has 1 aromatic heterocycles. The minimum Gasteiger partial charge on any atom is -0.455 e. The molecule has 7 aromatic carbocycles. The van der Waals surface area contributed by atoms with Crippen molar-refractivity contribution in [3.63, 3.8) is 0 Å². The first-order valence-corrected chi connectivity index (χ1v) is 13.6. The number of para-hydroxylation sites is 1. The first-order chi connectivity index (χ1) is 19.8. The van der Waals surface area contributed by atoms with Crippen LogP contribution in [0.4, 0.5) is 17.1 Å². The van der Waals surface area contributed by atoms with Crippen LogP contribution >= 0.6 is 0 Å². The molecule has 188 valence electrons. The lowest BCUT2D eigenvalue weighted by Crippen LogP contribution is -2.10. The van der Waals surface area contributed by atoms with E-state index in [-0.39, 0.29) is 0 Å². The highest BCUT2D eigenvalue weighted by atomic mass is 16.3. The maximum absolute atomic E-state index is 6.69. The van der Waals surface area contributed by atoms with E-state index in [2.05, 4.69) is 157 Å². The van der Waals surface area contributed by atoms with Gasteiger partial charge in [-0.1, -0.05) is 115 Å². The van der Waals surface area contributed by atoms with Gasteiger partial charge in [0.05, 0.1) is 5.69 Å². The van der Waals surface area contributed by atoms with Crippen LogP contribution in [-0.2, 0) is 0 Å². The van der Waals surface area contributed by atoms with Gasteiger partial charge in [0.15, 0.2) is 0 Å². The smallest absolute Gasteiger partial charge is 0.143 e. The van der Waals surface area contributed by atoms with E-state index in [0.717, 1.165) is 44.4 Å². The molecule has 0 atom stereocenters. The van der Waals surface area contributed by atoms with Gasteiger partial charge in [0.25, 0.3) is 0 Å². The summed E-state index contributed by atoms with van der Waals surface area (Å²) in [5.74, 6) is 0. The molecule has 2 nitrogen and oxygen atoms in total. The average Bonchev–Trinajstić information content (AvgIpc) is 3.42. The van der Waals surface area contributed by atoms with Crippen molar-refractivity contribution in [3.8, 4) is 11.1 Å². The zero-order valence-corrected chi connectivity index (χ0v) is 21.8. The number of hydrogen-bond acceptors (Lipinski definition) is 2. The Bertz CT molecular complexity index is 2140. The highest BCUT2D eigenvalue weighted by molar-refractivity contribution is 6.25. The number of nitrogens with zero attached hydrogens (tertiary/aromatic N) is 1. The summed E-state index contributed by atoms with van der Waals surface area (Å²) >= 11 is 0. The summed E-state index contributed by atoms with van der Waals surface area (Å²) in [6.45, 7) is 0. The molecule has 0 saturated carbocycles. The molecule has 0 fully saturated rings. The van der Waals surface area contributed by atoms with E-state index >= 15 is 0 Å². The number of fused-ring (bicyclic) bond motifs is 7. The Balaban J connectivity index is 1.40. The molecule has 0 N–H and O–H groups in total. The minimum atomic E-state index is 0.891. The van der Waals surface area contributed by atoms with Crippen molar-refractivity contribution in [1.29, 1.82) is 0 Å². The second-order valence-electron chi connectivity index (χ2n) is 10.2. The molecule has 8 aromatic rings. The number of anilines is 3. The van der Waals surface area contributed by atoms with E-state index in [1.807, 2.05) is 0 Å². The van der Waals surface area contributed by atoms with E-state index < -0.39 is 0 Å². The van der Waals surface area contributed by atoms with Gasteiger partial charge in [0, 0.05) is 39.0 Å². The summed E-state index contributed by atoms with van der Waals surface area (Å²) in [6.07, 6.45) is 0. The Morgan fingerprint density at radius 2 is 1.02 bits per heavy atom. The van der Waals surface area contributed by atoms with Gasteiger partial charge >= 0.3 is 0 Å². The predicted octanol–water partition coefficient (Wildman–Crippen LogP) is 11.0. The molecule has 1 heterocycles. The second kappa shape index (κ2) is 9.14. The summed E-state index contributed by atoms with van der Waals surface area (Å²) in [6, 6.07) is 53.6. The van der Waals surface area contributed by atoms with Gasteiger partial charge in [-0.3, -0.25) is 0 Å². The van der Waals surface area contributed by atoms with Crippen molar-refractivity contribution in [2.24, 2.45) is 0 Å². The molecule has 0 bridgehead atoms. The topological polar surface area (TPSA) is 16.4 Å². The molecule has 0 radical (unpaired) electrons. The zero-order chi connectivity index (χ0) is 26.5. The molecule has 0 saturated heterocycles. The lowest BCUT2D eigenvalue weighted by atomic mass is 9.99. The summed E-state index contributed by atoms with van der Waals surface area (Å²) in [5, 5.41) is 7.00. The predicted molar refractivity (Wildman–Crippen MR) is 169 cm³/mol. The lowest BCUT2D eigenvalue weighted by Gasteiger charge is -2.27. The maximum atomic E-state index is 6.69. The molecular formula is C38H25NO. The molecular weight excluding hydrogens is 486 g/mol. The number of benzene rings is 7. The zero-order valence-electron chi connectivity index (χ0n) is 21.8. The van der Waals surface area contributed by atoms with Gasteiger partial charge in [-0.15, -0.1) is 0 Å². The SMILES string of the molecule is c1ccc(-c2ccc(N(c3ccccc3)c3cc4oc5c6ccccc6ccc5c4c4ccccc34)cc2)cc1. The van der Waals surface area contributed by atoms with Crippen molar-refractivity contribution >= 4 is 60.5 Å². The Morgan fingerprint density at radius 1 is 0.425 bits per heavy atom. The standard InChI is InChI=1S/C38H25NO/c1-3-11-26(12-4-1)27-19-22-30(23-20-27)39(29-14-5-2-6-15-29)35-25-36-37(33-18-10-9-17-32(33)35)34-24-21-28-13-7-8-16-31(28)38(34)40-36/h1-25H. The molecule has 40 heavy (non-hydrogen) atoms. The minimum absolute atomic E-state index is 0.891. The largest absolute Gasteiger partial charge is 0.455 e. The van der Waals surface area contributed by atoms with Gasteiger partial charge < -0.3 is 9.32 Å². The molecule has 0 aliphatic heterocycles. The van der Waals surface area contributed by atoms with Crippen LogP contribution < -0.4 is 4.90 Å². The fourth-order valence-electron chi connectivity index (χ4n) is 5.97. The molecule has 0 unspecified atom stereocenters.